The SMILES string of the molecule is CC(=O)NC1C(OC2C(CO)OC(OC3C(CO)OC(OC4C(CO)OC(O)C(NC(C)=O)C4OC(C)C(=O)O)C(NC(C)=O)C3O)C3NC(=O)C(C)OC32)OC(CO)C(O)C1O. The van der Waals surface area contributed by atoms with Gasteiger partial charge in [-0.05, 0) is 13.8 Å². The number of carboxylic acids is 1. The molecular formula is C36H58N4O23. The van der Waals surface area contributed by atoms with E-state index >= 15 is 0 Å². The molecule has 13 N–H and O–H groups in total. The van der Waals surface area contributed by atoms with Gasteiger partial charge in [-0.15, -0.1) is 0 Å². The third kappa shape index (κ3) is 11.4. The molecule has 0 saturated carbocycles. The number of hydrogen-bond donors (Lipinski definition) is 13. The molecule has 5 saturated heterocycles. The van der Waals surface area contributed by atoms with E-state index in [0.29, 0.717) is 0 Å². The molecule has 4 amide bonds. The van der Waals surface area contributed by atoms with Crippen molar-refractivity contribution >= 4 is 29.6 Å². The predicted molar refractivity (Wildman–Crippen MR) is 199 cm³/mol. The number of ether oxygens (including phenoxy) is 9. The normalized spacial score (nSPS) is 43.4. The van der Waals surface area contributed by atoms with Gasteiger partial charge >= 0.3 is 5.97 Å². The third-order valence-corrected chi connectivity index (χ3v) is 11.1. The maximum atomic E-state index is 13.1. The Morgan fingerprint density at radius 3 is 1.62 bits per heavy atom. The zero-order valence-electron chi connectivity index (χ0n) is 34.8. The highest BCUT2D eigenvalue weighted by Crippen LogP contribution is 2.37. The van der Waals surface area contributed by atoms with E-state index < -0.39 is 191 Å². The molecule has 5 aliphatic heterocycles. The van der Waals surface area contributed by atoms with Gasteiger partial charge < -0.3 is 110 Å². The molecule has 0 aromatic heterocycles. The Bertz CT molecular complexity index is 1600. The van der Waals surface area contributed by atoms with Crippen molar-refractivity contribution in [3.63, 3.8) is 0 Å². The highest BCUT2D eigenvalue weighted by atomic mass is 16.8. The summed E-state index contributed by atoms with van der Waals surface area (Å²) >= 11 is 0. The third-order valence-electron chi connectivity index (χ3n) is 11.1. The van der Waals surface area contributed by atoms with Crippen molar-refractivity contribution < 1.29 is 113 Å². The predicted octanol–water partition coefficient (Wildman–Crippen LogP) is -8.27. The molecule has 0 radical (unpaired) electrons. The Morgan fingerprint density at radius 1 is 0.619 bits per heavy atom. The Morgan fingerprint density at radius 2 is 1.08 bits per heavy atom. The zero-order valence-corrected chi connectivity index (χ0v) is 34.8. The number of hydrogen-bond acceptors (Lipinski definition) is 22. The maximum absolute atomic E-state index is 13.1. The quantitative estimate of drug-likeness (QED) is 0.0684. The number of morpholine rings is 1. The van der Waals surface area contributed by atoms with Crippen LogP contribution >= 0.6 is 0 Å². The van der Waals surface area contributed by atoms with Gasteiger partial charge in [-0.3, -0.25) is 19.2 Å². The number of carbonyl (C=O) groups is 5. The van der Waals surface area contributed by atoms with Crippen LogP contribution in [-0.4, -0.2) is 237 Å². The number of amides is 4. The number of rotatable bonds is 16. The van der Waals surface area contributed by atoms with Gasteiger partial charge in [0, 0.05) is 20.8 Å². The molecule has 0 spiro atoms. The minimum absolute atomic E-state index is 0.656. The summed E-state index contributed by atoms with van der Waals surface area (Å²) in [6.07, 6.45) is -28.5. The number of carboxylic acid groups (broad SMARTS) is 1. The molecule has 22 unspecified atom stereocenters. The van der Waals surface area contributed by atoms with E-state index in [1.165, 1.54) is 6.92 Å². The fourth-order valence-electron chi connectivity index (χ4n) is 8.09. The van der Waals surface area contributed by atoms with Crippen molar-refractivity contribution in [1.82, 2.24) is 21.3 Å². The van der Waals surface area contributed by atoms with Crippen molar-refractivity contribution in [3.05, 3.63) is 0 Å². The van der Waals surface area contributed by atoms with Gasteiger partial charge in [0.1, 0.15) is 104 Å². The summed E-state index contributed by atoms with van der Waals surface area (Å²) in [6.45, 7) is 2.42. The summed E-state index contributed by atoms with van der Waals surface area (Å²) in [5.74, 6) is -4.24. The van der Waals surface area contributed by atoms with Gasteiger partial charge in [0.2, 0.25) is 23.6 Å². The summed E-state index contributed by atoms with van der Waals surface area (Å²) in [5.41, 5.74) is 0. The molecule has 0 aromatic rings. The number of aliphatic carboxylic acids is 1. The van der Waals surface area contributed by atoms with Crippen LogP contribution in [0.2, 0.25) is 0 Å². The Hall–Kier alpha value is -3.33. The van der Waals surface area contributed by atoms with E-state index in [-0.39, 0.29) is 0 Å². The van der Waals surface area contributed by atoms with Crippen molar-refractivity contribution in [2.24, 2.45) is 0 Å². The molecule has 5 rings (SSSR count). The van der Waals surface area contributed by atoms with E-state index in [9.17, 15) is 69.9 Å². The van der Waals surface area contributed by atoms with Crippen LogP contribution in [0.1, 0.15) is 34.6 Å². The number of nitrogens with one attached hydrogen (secondary N) is 4. The molecule has 5 fully saturated rings. The molecule has 360 valence electrons. The summed E-state index contributed by atoms with van der Waals surface area (Å²) < 4.78 is 53.6. The first kappa shape index (κ1) is 50.7. The lowest BCUT2D eigenvalue weighted by Crippen LogP contribution is -2.74. The second-order valence-electron chi connectivity index (χ2n) is 15.7. The van der Waals surface area contributed by atoms with Crippen LogP contribution in [0.15, 0.2) is 0 Å². The van der Waals surface area contributed by atoms with Crippen LogP contribution in [0.5, 0.6) is 0 Å². The maximum Gasteiger partial charge on any atom is 0.332 e. The fourth-order valence-corrected chi connectivity index (χ4v) is 8.09. The zero-order chi connectivity index (χ0) is 46.6. The van der Waals surface area contributed by atoms with E-state index in [4.69, 9.17) is 42.6 Å². The van der Waals surface area contributed by atoms with Crippen LogP contribution in [0.3, 0.4) is 0 Å². The largest absolute Gasteiger partial charge is 0.479 e. The summed E-state index contributed by atoms with van der Waals surface area (Å²) in [4.78, 5) is 61.7. The van der Waals surface area contributed by atoms with Crippen molar-refractivity contribution in [2.75, 3.05) is 26.4 Å². The van der Waals surface area contributed by atoms with Crippen LogP contribution in [-0.2, 0) is 66.6 Å². The van der Waals surface area contributed by atoms with E-state index in [1.807, 2.05) is 0 Å². The Labute approximate surface area is 359 Å². The van der Waals surface area contributed by atoms with Gasteiger partial charge in [-0.1, -0.05) is 0 Å². The van der Waals surface area contributed by atoms with E-state index in [1.54, 1.807) is 0 Å². The topological polar surface area (TPSA) is 399 Å². The molecule has 5 heterocycles. The van der Waals surface area contributed by atoms with Gasteiger partial charge in [-0.25, -0.2) is 4.79 Å². The van der Waals surface area contributed by atoms with Crippen molar-refractivity contribution in [3.8, 4) is 0 Å². The van der Waals surface area contributed by atoms with Gasteiger partial charge in [0.15, 0.2) is 31.3 Å². The minimum atomic E-state index is -1.91. The standard InChI is InChI=1S/C36H58N4O23/c1-10-31(51)40-22-30(55-10)28(63-34-19(37-12(3)45)24(49)23(48)15(6-41)58-34)18(9-44)60-36(22)61-26-16(7-42)59-35(20(25(26)50)38-13(4)46)62-27-17(8-43)57-33(54)21(39-14(5)47)29(27)56-11(2)32(52)53/h10-11,15-30,33-36,41-44,48-50,54H,6-9H2,1-5H3,(H,37,45)(H,38,46)(H,39,47)(H,40,51)(H,52,53). The number of fused-ring (bicyclic) bond motifs is 1. The van der Waals surface area contributed by atoms with Crippen molar-refractivity contribution in [1.29, 1.82) is 0 Å². The lowest BCUT2D eigenvalue weighted by molar-refractivity contribution is -0.368. The Balaban J connectivity index is 1.44. The fraction of sp³-hybridized carbons (Fsp3) is 0.861. The average molecular weight is 915 g/mol. The molecule has 5 aliphatic rings. The second kappa shape index (κ2) is 21.8. The molecule has 0 aromatic carbocycles. The summed E-state index contributed by atoms with van der Waals surface area (Å²) in [6, 6.07) is -5.92. The highest BCUT2D eigenvalue weighted by molar-refractivity contribution is 5.81. The Kier molecular flexibility index (Phi) is 17.5. The molecule has 27 heteroatoms. The number of aliphatic hydroxyl groups excluding tert-OH is 8. The smallest absolute Gasteiger partial charge is 0.332 e. The average Bonchev–Trinajstić information content (AvgIpc) is 3.22. The molecular weight excluding hydrogens is 856 g/mol. The van der Waals surface area contributed by atoms with Gasteiger partial charge in [0.05, 0.1) is 26.4 Å². The van der Waals surface area contributed by atoms with Gasteiger partial charge in [-0.2, -0.15) is 0 Å². The number of aliphatic hydroxyl groups is 8. The monoisotopic (exact) mass is 914 g/mol. The van der Waals surface area contributed by atoms with Crippen LogP contribution in [0.4, 0.5) is 0 Å². The molecule has 0 aliphatic carbocycles. The molecule has 22 atom stereocenters. The summed E-state index contributed by atoms with van der Waals surface area (Å²) in [5, 5.41) is 105. The van der Waals surface area contributed by atoms with Crippen LogP contribution in [0, 0.1) is 0 Å². The van der Waals surface area contributed by atoms with Gasteiger partial charge in [0.25, 0.3) is 0 Å². The van der Waals surface area contributed by atoms with E-state index in [0.717, 1.165) is 27.7 Å². The first-order valence-corrected chi connectivity index (χ1v) is 20.1. The van der Waals surface area contributed by atoms with Crippen LogP contribution < -0.4 is 21.3 Å². The lowest BCUT2D eigenvalue weighted by Gasteiger charge is -2.53. The molecule has 0 bridgehead atoms. The number of carbonyl (C=O) groups excluding carboxylic acids is 4. The first-order valence-electron chi connectivity index (χ1n) is 20.1. The summed E-state index contributed by atoms with van der Waals surface area (Å²) in [7, 11) is 0. The van der Waals surface area contributed by atoms with Crippen LogP contribution in [0.25, 0.3) is 0 Å². The van der Waals surface area contributed by atoms with Crippen molar-refractivity contribution in [2.45, 2.75) is 169 Å². The lowest BCUT2D eigenvalue weighted by atomic mass is 9.92. The molecule has 27 nitrogen and oxygen atoms in total. The first-order chi connectivity index (χ1) is 29.7. The molecule has 63 heavy (non-hydrogen) atoms. The second-order valence-corrected chi connectivity index (χ2v) is 15.7. The van der Waals surface area contributed by atoms with E-state index in [2.05, 4.69) is 21.3 Å². The highest BCUT2D eigenvalue weighted by Gasteiger charge is 2.58. The minimum Gasteiger partial charge on any atom is -0.479 e.